The lowest BCUT2D eigenvalue weighted by Gasteiger charge is -2.42. The molecular weight excluding hydrogens is 346 g/mol. The van der Waals surface area contributed by atoms with Crippen molar-refractivity contribution >= 4 is 29.2 Å². The topological polar surface area (TPSA) is 77.2 Å². The minimum atomic E-state index is -0.399. The molecule has 0 saturated carbocycles. The Hall–Kier alpha value is -2.03. The number of imide groups is 1. The first kappa shape index (κ1) is 16.4. The number of rotatable bonds is 2. The van der Waals surface area contributed by atoms with Crippen LogP contribution in [0, 0.1) is 0 Å². The molecule has 1 aromatic carbocycles. The molecule has 0 spiro atoms. The summed E-state index contributed by atoms with van der Waals surface area (Å²) in [5.74, 6) is 0.370. The number of carbonyl (C=O) groups excluding carboxylic acids is 2. The van der Waals surface area contributed by atoms with Crippen molar-refractivity contribution in [3.63, 3.8) is 0 Å². The minimum Gasteiger partial charge on any atom is -0.495 e. The zero-order valence-corrected chi connectivity index (χ0v) is 14.8. The molecule has 0 aromatic heterocycles. The molecule has 9 heteroatoms. The molecule has 3 aliphatic heterocycles. The van der Waals surface area contributed by atoms with Gasteiger partial charge in [-0.25, -0.2) is 4.79 Å². The predicted octanol–water partition coefficient (Wildman–Crippen LogP) is 0.624. The zero-order chi connectivity index (χ0) is 17.7. The number of halogens is 1. The number of methoxy groups -OCH3 is 1. The molecule has 25 heavy (non-hydrogen) atoms. The highest BCUT2D eigenvalue weighted by molar-refractivity contribution is 6.32. The lowest BCUT2D eigenvalue weighted by Crippen LogP contribution is -2.65. The Morgan fingerprint density at radius 3 is 2.80 bits per heavy atom. The number of urea groups is 1. The van der Waals surface area contributed by atoms with Crippen LogP contribution in [0.25, 0.3) is 0 Å². The van der Waals surface area contributed by atoms with Gasteiger partial charge >= 0.3 is 6.03 Å². The number of anilines is 1. The largest absolute Gasteiger partial charge is 0.495 e. The molecule has 4 rings (SSSR count). The predicted molar refractivity (Wildman–Crippen MR) is 92.5 cm³/mol. The third-order valence-corrected chi connectivity index (χ3v) is 5.40. The van der Waals surface area contributed by atoms with Crippen LogP contribution >= 0.6 is 11.6 Å². The van der Waals surface area contributed by atoms with Crippen LogP contribution < -0.4 is 20.3 Å². The first-order valence-corrected chi connectivity index (χ1v) is 8.58. The summed E-state index contributed by atoms with van der Waals surface area (Å²) < 4.78 is 5.22. The number of benzene rings is 1. The van der Waals surface area contributed by atoms with Gasteiger partial charge in [0.15, 0.2) is 0 Å². The molecule has 1 aromatic rings. The van der Waals surface area contributed by atoms with Crippen LogP contribution in [0.2, 0.25) is 5.02 Å². The lowest BCUT2D eigenvalue weighted by atomic mass is 10.1. The number of amides is 3. The highest BCUT2D eigenvalue weighted by Gasteiger charge is 2.53. The van der Waals surface area contributed by atoms with Gasteiger partial charge in [-0.15, -0.1) is 0 Å². The molecule has 3 aliphatic rings. The molecular formula is C16H20ClN5O3. The Morgan fingerprint density at radius 1 is 1.28 bits per heavy atom. The van der Waals surface area contributed by atoms with Crippen molar-refractivity contribution in [2.24, 2.45) is 0 Å². The molecule has 3 fully saturated rings. The number of hydrogen-bond donors (Lipinski definition) is 2. The third-order valence-electron chi connectivity index (χ3n) is 5.10. The first-order valence-electron chi connectivity index (χ1n) is 8.21. The second-order valence-electron chi connectivity index (χ2n) is 6.44. The second-order valence-corrected chi connectivity index (χ2v) is 6.85. The van der Waals surface area contributed by atoms with E-state index in [1.54, 1.807) is 19.1 Å². The van der Waals surface area contributed by atoms with Crippen LogP contribution in [0.15, 0.2) is 18.2 Å². The van der Waals surface area contributed by atoms with E-state index in [0.717, 1.165) is 25.2 Å². The average molecular weight is 366 g/mol. The standard InChI is InChI=1S/C16H20ClN5O3/c1-20-13-12(14(23)19-16(20)24)22-7-3-6-21(15(22)18-13)9-4-5-11(25-2)10(17)8-9/h4-5,8,12-13,15,18H,3,6-7H2,1-2H3,(H,19,23,24). The van der Waals surface area contributed by atoms with Gasteiger partial charge in [0.2, 0.25) is 5.91 Å². The van der Waals surface area contributed by atoms with Crippen molar-refractivity contribution in [1.29, 1.82) is 0 Å². The van der Waals surface area contributed by atoms with Crippen LogP contribution in [0.4, 0.5) is 10.5 Å². The summed E-state index contributed by atoms with van der Waals surface area (Å²) >= 11 is 6.28. The van der Waals surface area contributed by atoms with Gasteiger partial charge in [-0.05, 0) is 24.6 Å². The van der Waals surface area contributed by atoms with E-state index in [4.69, 9.17) is 16.3 Å². The highest BCUT2D eigenvalue weighted by Crippen LogP contribution is 2.34. The Balaban J connectivity index is 1.65. The number of nitrogens with one attached hydrogen (secondary N) is 2. The summed E-state index contributed by atoms with van der Waals surface area (Å²) in [4.78, 5) is 30.1. The number of likely N-dealkylation sites (N-methyl/N-ethyl adjacent to an activating group) is 1. The summed E-state index contributed by atoms with van der Waals surface area (Å²) in [6, 6.07) is 4.87. The van der Waals surface area contributed by atoms with Crippen molar-refractivity contribution in [2.75, 3.05) is 32.1 Å². The summed E-state index contributed by atoms with van der Waals surface area (Å²) in [6.45, 7) is 1.62. The number of nitrogens with zero attached hydrogens (tertiary/aromatic N) is 3. The monoisotopic (exact) mass is 365 g/mol. The Bertz CT molecular complexity index is 730. The van der Waals surface area contributed by atoms with Gasteiger partial charge in [0, 0.05) is 25.8 Å². The summed E-state index contributed by atoms with van der Waals surface area (Å²) in [6.07, 6.45) is 0.392. The van der Waals surface area contributed by atoms with Crippen molar-refractivity contribution in [2.45, 2.75) is 24.9 Å². The van der Waals surface area contributed by atoms with Crippen molar-refractivity contribution in [1.82, 2.24) is 20.4 Å². The van der Waals surface area contributed by atoms with E-state index in [1.165, 1.54) is 0 Å². The maximum Gasteiger partial charge on any atom is 0.325 e. The van der Waals surface area contributed by atoms with Gasteiger partial charge < -0.3 is 14.5 Å². The molecule has 134 valence electrons. The van der Waals surface area contributed by atoms with Crippen LogP contribution in [-0.2, 0) is 4.79 Å². The number of hydrogen-bond acceptors (Lipinski definition) is 6. The summed E-state index contributed by atoms with van der Waals surface area (Å²) in [5.41, 5.74) is 0.945. The smallest absolute Gasteiger partial charge is 0.325 e. The zero-order valence-electron chi connectivity index (χ0n) is 14.0. The highest BCUT2D eigenvalue weighted by atomic mass is 35.5. The fourth-order valence-electron chi connectivity index (χ4n) is 3.87. The molecule has 3 amide bonds. The Morgan fingerprint density at radius 2 is 2.08 bits per heavy atom. The van der Waals surface area contributed by atoms with Crippen LogP contribution in [0.5, 0.6) is 5.75 Å². The van der Waals surface area contributed by atoms with Gasteiger partial charge in [-0.1, -0.05) is 11.6 Å². The fourth-order valence-corrected chi connectivity index (χ4v) is 4.12. The van der Waals surface area contributed by atoms with E-state index in [9.17, 15) is 9.59 Å². The van der Waals surface area contributed by atoms with Crippen molar-refractivity contribution in [3.8, 4) is 5.75 Å². The minimum absolute atomic E-state index is 0.174. The lowest BCUT2D eigenvalue weighted by molar-refractivity contribution is -0.128. The maximum absolute atomic E-state index is 12.4. The molecule has 3 atom stereocenters. The molecule has 0 radical (unpaired) electrons. The second kappa shape index (κ2) is 6.05. The van der Waals surface area contributed by atoms with E-state index in [0.29, 0.717) is 10.8 Å². The average Bonchev–Trinajstić information content (AvgIpc) is 3.00. The van der Waals surface area contributed by atoms with Gasteiger partial charge in [0.05, 0.1) is 12.1 Å². The van der Waals surface area contributed by atoms with E-state index in [-0.39, 0.29) is 24.4 Å². The summed E-state index contributed by atoms with van der Waals surface area (Å²) in [5, 5.41) is 6.39. The quantitative estimate of drug-likeness (QED) is 0.800. The van der Waals surface area contributed by atoms with Crippen molar-refractivity contribution in [3.05, 3.63) is 23.2 Å². The van der Waals surface area contributed by atoms with Crippen LogP contribution in [0.3, 0.4) is 0 Å². The van der Waals surface area contributed by atoms with E-state index >= 15 is 0 Å². The van der Waals surface area contributed by atoms with Gasteiger partial charge in [0.1, 0.15) is 24.2 Å². The van der Waals surface area contributed by atoms with Gasteiger partial charge in [0.25, 0.3) is 0 Å². The Kier molecular flexibility index (Phi) is 3.98. The summed E-state index contributed by atoms with van der Waals surface area (Å²) in [7, 11) is 3.28. The van der Waals surface area contributed by atoms with Gasteiger partial charge in [-0.3, -0.25) is 20.3 Å². The molecule has 0 aliphatic carbocycles. The van der Waals surface area contributed by atoms with E-state index in [1.807, 2.05) is 18.2 Å². The van der Waals surface area contributed by atoms with Gasteiger partial charge in [-0.2, -0.15) is 0 Å². The van der Waals surface area contributed by atoms with Crippen LogP contribution in [-0.4, -0.2) is 67.5 Å². The van der Waals surface area contributed by atoms with Crippen LogP contribution in [0.1, 0.15) is 6.42 Å². The SMILES string of the molecule is COc1ccc(N2CCCN3C4C(=O)NC(=O)N(C)C4NC23)cc1Cl. The van der Waals surface area contributed by atoms with Crippen molar-refractivity contribution < 1.29 is 14.3 Å². The van der Waals surface area contributed by atoms with E-state index < -0.39 is 6.04 Å². The molecule has 3 saturated heterocycles. The first-order chi connectivity index (χ1) is 12.0. The molecule has 8 nitrogen and oxygen atoms in total. The maximum atomic E-state index is 12.4. The number of fused-ring (bicyclic) bond motifs is 3. The number of carbonyl (C=O) groups is 2. The fraction of sp³-hybridized carbons (Fsp3) is 0.500. The number of ether oxygens (including phenoxy) is 1. The third kappa shape index (κ3) is 2.52. The molecule has 0 bridgehead atoms. The Labute approximate surface area is 150 Å². The molecule has 3 unspecified atom stereocenters. The molecule has 2 N–H and O–H groups in total. The van der Waals surface area contributed by atoms with E-state index in [2.05, 4.69) is 20.4 Å². The normalized spacial score (nSPS) is 29.3. The molecule has 3 heterocycles.